The van der Waals surface area contributed by atoms with E-state index in [0.717, 1.165) is 22.6 Å². The predicted molar refractivity (Wildman–Crippen MR) is 128 cm³/mol. The lowest BCUT2D eigenvalue weighted by molar-refractivity contribution is 0.248. The van der Waals surface area contributed by atoms with E-state index in [1.165, 1.54) is 18.2 Å². The van der Waals surface area contributed by atoms with Gasteiger partial charge in [0.1, 0.15) is 0 Å². The van der Waals surface area contributed by atoms with E-state index >= 15 is 0 Å². The summed E-state index contributed by atoms with van der Waals surface area (Å²) in [5.74, 6) is 0.237. The number of nitrogens with one attached hydrogen (secondary N) is 2. The average molecular weight is 485 g/mol. The van der Waals surface area contributed by atoms with Crippen LogP contribution in [0.15, 0.2) is 64.6 Å². The summed E-state index contributed by atoms with van der Waals surface area (Å²) in [7, 11) is 0. The molecule has 0 saturated heterocycles. The molecular formula is C22H18Cl2N6O3. The number of urea groups is 1. The molecule has 9 nitrogen and oxygen atoms in total. The molecule has 0 bridgehead atoms. The largest absolute Gasteiger partial charge is 0.434 e. The number of nitrogens with zero attached hydrogens (tertiary/aromatic N) is 3. The van der Waals surface area contributed by atoms with E-state index in [1.54, 1.807) is 0 Å². The van der Waals surface area contributed by atoms with Crippen LogP contribution in [-0.2, 0) is 6.42 Å². The minimum absolute atomic E-state index is 0.0403. The van der Waals surface area contributed by atoms with Gasteiger partial charge in [-0.15, -0.1) is 10.2 Å². The number of amidine groups is 1. The first-order valence-corrected chi connectivity index (χ1v) is 10.5. The number of hydrogen-bond acceptors (Lipinski definition) is 6. The molecule has 33 heavy (non-hydrogen) atoms. The number of hydrogen-bond donors (Lipinski definition) is 3. The maximum Gasteiger partial charge on any atom is 0.347 e. The van der Waals surface area contributed by atoms with Gasteiger partial charge in [-0.2, -0.15) is 5.01 Å². The molecule has 3 aromatic rings. The van der Waals surface area contributed by atoms with Crippen molar-refractivity contribution in [2.45, 2.75) is 13.3 Å². The zero-order valence-corrected chi connectivity index (χ0v) is 18.9. The average Bonchev–Trinajstić information content (AvgIpc) is 2.79. The molecule has 0 aliphatic carbocycles. The molecule has 4 rings (SSSR count). The lowest BCUT2D eigenvalue weighted by Crippen LogP contribution is -2.45. The number of carbonyl (C=O) groups is 1. The van der Waals surface area contributed by atoms with Gasteiger partial charge in [0.05, 0.1) is 27.0 Å². The number of aryl methyl sites for hydroxylation is 1. The number of hydrazone groups is 1. The fourth-order valence-electron chi connectivity index (χ4n) is 3.13. The minimum Gasteiger partial charge on any atom is -0.434 e. The van der Waals surface area contributed by atoms with E-state index in [0.29, 0.717) is 5.56 Å². The predicted octanol–water partition coefficient (Wildman–Crippen LogP) is 4.41. The van der Waals surface area contributed by atoms with E-state index in [-0.39, 0.29) is 44.5 Å². The first-order chi connectivity index (χ1) is 15.8. The SMILES string of the molecule is C=C1NC(=O)N(c2cc(Cl)c(Oc3n[nH]c(=O)cc3-c3cccc(CC)c3)c(Cl)c2)N=C1N. The molecule has 11 heteroatoms. The van der Waals surface area contributed by atoms with E-state index < -0.39 is 6.03 Å². The van der Waals surface area contributed by atoms with Crippen molar-refractivity contribution in [2.75, 3.05) is 5.01 Å². The third kappa shape index (κ3) is 4.55. The number of nitrogens with two attached hydrogens (primary N) is 1. The highest BCUT2D eigenvalue weighted by Gasteiger charge is 2.25. The van der Waals surface area contributed by atoms with E-state index in [9.17, 15) is 9.59 Å². The summed E-state index contributed by atoms with van der Waals surface area (Å²) in [6.45, 7) is 5.63. The van der Waals surface area contributed by atoms with E-state index in [2.05, 4.69) is 27.2 Å². The normalized spacial score (nSPS) is 13.5. The first kappa shape index (κ1) is 22.4. The summed E-state index contributed by atoms with van der Waals surface area (Å²) in [6, 6.07) is 11.4. The molecule has 2 amide bonds. The Kier molecular flexibility index (Phi) is 6.08. The molecule has 0 fully saturated rings. The molecule has 1 aliphatic rings. The zero-order chi connectivity index (χ0) is 23.7. The van der Waals surface area contributed by atoms with Gasteiger partial charge in [-0.3, -0.25) is 4.79 Å². The van der Waals surface area contributed by atoms with E-state index in [1.807, 2.05) is 31.2 Å². The fourth-order valence-corrected chi connectivity index (χ4v) is 3.68. The van der Waals surface area contributed by atoms with Gasteiger partial charge in [0, 0.05) is 6.07 Å². The highest BCUT2D eigenvalue weighted by atomic mass is 35.5. The number of ether oxygens (including phenoxy) is 1. The van der Waals surface area contributed by atoms with Gasteiger partial charge in [-0.1, -0.05) is 61.0 Å². The number of aromatic amines is 1. The number of rotatable bonds is 5. The van der Waals surface area contributed by atoms with Gasteiger partial charge >= 0.3 is 6.03 Å². The Morgan fingerprint density at radius 2 is 1.88 bits per heavy atom. The van der Waals surface area contributed by atoms with Gasteiger partial charge in [0.25, 0.3) is 5.56 Å². The van der Waals surface area contributed by atoms with Crippen molar-refractivity contribution in [3.8, 4) is 22.8 Å². The Morgan fingerprint density at radius 3 is 2.58 bits per heavy atom. The van der Waals surface area contributed by atoms with Crippen LogP contribution >= 0.6 is 23.2 Å². The lowest BCUT2D eigenvalue weighted by Gasteiger charge is -2.24. The van der Waals surface area contributed by atoms with Crippen LogP contribution in [0.25, 0.3) is 11.1 Å². The summed E-state index contributed by atoms with van der Waals surface area (Å²) in [5, 5.41) is 14.1. The summed E-state index contributed by atoms with van der Waals surface area (Å²) >= 11 is 12.9. The molecule has 0 spiro atoms. The Labute approximate surface area is 198 Å². The van der Waals surface area contributed by atoms with Crippen molar-refractivity contribution < 1.29 is 9.53 Å². The van der Waals surface area contributed by atoms with Gasteiger partial charge in [0.15, 0.2) is 11.6 Å². The van der Waals surface area contributed by atoms with Crippen molar-refractivity contribution in [1.82, 2.24) is 15.5 Å². The standard InChI is InChI=1S/C22H18Cl2N6O3/c1-3-12-5-4-6-13(7-12)15-10-18(31)27-28-21(15)33-19-16(23)8-14(9-17(19)24)30-22(32)26-11(2)20(25)29-30/h4-10H,2-3H2,1H3,(H2,25,29)(H,26,32)(H,27,31). The van der Waals surface area contributed by atoms with Gasteiger partial charge in [-0.25, -0.2) is 9.89 Å². The number of amides is 2. The van der Waals surface area contributed by atoms with Crippen LogP contribution in [0.5, 0.6) is 11.6 Å². The number of halogens is 2. The first-order valence-electron chi connectivity index (χ1n) is 9.77. The molecule has 1 aliphatic heterocycles. The number of benzene rings is 2. The van der Waals surface area contributed by atoms with Crippen LogP contribution in [0.3, 0.4) is 0 Å². The lowest BCUT2D eigenvalue weighted by atomic mass is 10.0. The molecule has 4 N–H and O–H groups in total. The highest BCUT2D eigenvalue weighted by molar-refractivity contribution is 6.37. The molecule has 0 atom stereocenters. The number of aromatic nitrogens is 2. The Morgan fingerprint density at radius 1 is 1.15 bits per heavy atom. The third-order valence-electron chi connectivity index (χ3n) is 4.81. The Hall–Kier alpha value is -3.82. The van der Waals surface area contributed by atoms with Gasteiger partial charge in [-0.05, 0) is 29.7 Å². The maximum atomic E-state index is 12.3. The Balaban J connectivity index is 1.73. The van der Waals surface area contributed by atoms with E-state index in [4.69, 9.17) is 33.7 Å². The molecule has 0 unspecified atom stereocenters. The number of carbonyl (C=O) groups excluding carboxylic acids is 1. The summed E-state index contributed by atoms with van der Waals surface area (Å²) in [5.41, 5.74) is 8.12. The quantitative estimate of drug-likeness (QED) is 0.494. The van der Waals surface area contributed by atoms with Gasteiger partial charge < -0.3 is 15.8 Å². The van der Waals surface area contributed by atoms with Crippen molar-refractivity contribution in [1.29, 1.82) is 0 Å². The van der Waals surface area contributed by atoms with Crippen LogP contribution in [0.1, 0.15) is 12.5 Å². The van der Waals surface area contributed by atoms with Crippen LogP contribution in [0.2, 0.25) is 10.0 Å². The molecule has 0 radical (unpaired) electrons. The minimum atomic E-state index is -0.574. The highest BCUT2D eigenvalue weighted by Crippen LogP contribution is 2.41. The van der Waals surface area contributed by atoms with Crippen molar-refractivity contribution in [3.05, 3.63) is 80.7 Å². The fraction of sp³-hybridized carbons (Fsp3) is 0.0909. The zero-order valence-electron chi connectivity index (χ0n) is 17.4. The van der Waals surface area contributed by atoms with Crippen molar-refractivity contribution >= 4 is 40.8 Å². The van der Waals surface area contributed by atoms with Crippen molar-refractivity contribution in [2.24, 2.45) is 10.8 Å². The summed E-state index contributed by atoms with van der Waals surface area (Å²) in [6.07, 6.45) is 0.824. The number of H-pyrrole nitrogens is 1. The second kappa shape index (κ2) is 8.97. The third-order valence-corrected chi connectivity index (χ3v) is 5.37. The second-order valence-corrected chi connectivity index (χ2v) is 7.87. The molecular weight excluding hydrogens is 467 g/mol. The van der Waals surface area contributed by atoms with Gasteiger partial charge in [0.2, 0.25) is 5.88 Å². The van der Waals surface area contributed by atoms with Crippen LogP contribution in [0.4, 0.5) is 10.5 Å². The monoisotopic (exact) mass is 484 g/mol. The molecule has 2 heterocycles. The van der Waals surface area contributed by atoms with Crippen LogP contribution in [-0.4, -0.2) is 22.1 Å². The molecule has 1 aromatic heterocycles. The molecule has 2 aromatic carbocycles. The summed E-state index contributed by atoms with van der Waals surface area (Å²) in [4.78, 5) is 24.2. The Bertz CT molecular complexity index is 1350. The van der Waals surface area contributed by atoms with Crippen LogP contribution < -0.4 is 26.4 Å². The maximum absolute atomic E-state index is 12.3. The molecule has 168 valence electrons. The van der Waals surface area contributed by atoms with Crippen molar-refractivity contribution in [3.63, 3.8) is 0 Å². The second-order valence-electron chi connectivity index (χ2n) is 7.05. The smallest absolute Gasteiger partial charge is 0.347 e. The topological polar surface area (TPSA) is 126 Å². The van der Waals surface area contributed by atoms with Crippen LogP contribution in [0, 0.1) is 0 Å². The molecule has 0 saturated carbocycles. The number of anilines is 1. The summed E-state index contributed by atoms with van der Waals surface area (Å²) < 4.78 is 5.92.